The van der Waals surface area contributed by atoms with E-state index < -0.39 is 17.7 Å². The molecule has 3 nitrogen and oxygen atoms in total. The van der Waals surface area contributed by atoms with Crippen molar-refractivity contribution in [3.63, 3.8) is 0 Å². The molecule has 0 unspecified atom stereocenters. The topological polar surface area (TPSA) is 38.1 Å². The molecule has 0 bridgehead atoms. The molecule has 0 radical (unpaired) electrons. The average molecular weight is 341 g/mol. The second-order valence-electron chi connectivity index (χ2n) is 4.76. The lowest BCUT2D eigenvalue weighted by atomic mass is 9.98. The van der Waals surface area contributed by atoms with Crippen molar-refractivity contribution in [2.24, 2.45) is 4.99 Å². The molecule has 0 fully saturated rings. The summed E-state index contributed by atoms with van der Waals surface area (Å²) in [7, 11) is 1.63. The van der Waals surface area contributed by atoms with Crippen LogP contribution in [0.4, 0.5) is 23.2 Å². The average Bonchev–Trinajstić information content (AvgIpc) is 2.48. The highest BCUT2D eigenvalue weighted by Gasteiger charge is 2.27. The van der Waals surface area contributed by atoms with E-state index in [2.05, 4.69) is 15.0 Å². The zero-order valence-electron chi connectivity index (χ0n) is 12.4. The smallest absolute Gasteiger partial charge is 0.261 e. The van der Waals surface area contributed by atoms with Gasteiger partial charge in [0.25, 0.3) is 0 Å². The minimum Gasteiger partial charge on any atom is -0.261 e. The molecule has 1 aromatic carbocycles. The Balaban J connectivity index is 2.32. The summed E-state index contributed by atoms with van der Waals surface area (Å²) in [6.07, 6.45) is 0.161. The third kappa shape index (κ3) is 5.06. The highest BCUT2D eigenvalue weighted by molar-refractivity contribution is 7.99. The monoisotopic (exact) mass is 341 g/mol. The van der Waals surface area contributed by atoms with E-state index in [-0.39, 0.29) is 5.69 Å². The molecule has 120 valence electrons. The summed E-state index contributed by atoms with van der Waals surface area (Å²) in [6, 6.07) is 2.50. The van der Waals surface area contributed by atoms with Crippen molar-refractivity contribution in [1.82, 2.24) is 9.97 Å². The molecule has 0 atom stereocenters. The Morgan fingerprint density at radius 3 is 2.65 bits per heavy atom. The number of thioether (sulfide) groups is 1. The van der Waals surface area contributed by atoms with Gasteiger partial charge in [0, 0.05) is 22.9 Å². The maximum absolute atomic E-state index is 14.0. The van der Waals surface area contributed by atoms with Crippen molar-refractivity contribution in [2.75, 3.05) is 5.75 Å². The summed E-state index contributed by atoms with van der Waals surface area (Å²) in [5.41, 5.74) is 1.31. The number of alkyl halides is 3. The molecule has 9 heteroatoms. The molecule has 1 aromatic heterocycles. The molecule has 23 heavy (non-hydrogen) atoms. The summed E-state index contributed by atoms with van der Waals surface area (Å²) < 4.78 is 51.0. The number of hydrogen-bond donors (Lipinski definition) is 0. The summed E-state index contributed by atoms with van der Waals surface area (Å²) in [6.45, 7) is 1.56. The third-order valence-electron chi connectivity index (χ3n) is 2.86. The summed E-state index contributed by atoms with van der Waals surface area (Å²) in [5.74, 6) is -1.63. The maximum atomic E-state index is 14.0. The van der Waals surface area contributed by atoms with Gasteiger partial charge in [0.1, 0.15) is 5.82 Å². The van der Waals surface area contributed by atoms with Gasteiger partial charge < -0.3 is 0 Å². The predicted molar refractivity (Wildman–Crippen MR) is 84.7 cm³/mol. The largest absolute Gasteiger partial charge is 0.398 e. The van der Waals surface area contributed by atoms with Crippen LogP contribution in [0.5, 0.6) is 0 Å². The second-order valence-corrected chi connectivity index (χ2v) is 5.78. The molecule has 0 amide bonds. The number of aryl methyl sites for hydroxylation is 1. The van der Waals surface area contributed by atoms with Gasteiger partial charge in [0.05, 0.1) is 23.3 Å². The lowest BCUT2D eigenvalue weighted by Crippen LogP contribution is -2.10. The van der Waals surface area contributed by atoms with Crippen LogP contribution in [0.1, 0.15) is 11.3 Å². The van der Waals surface area contributed by atoms with Crippen molar-refractivity contribution in [1.29, 1.82) is 0 Å². The van der Waals surface area contributed by atoms with E-state index in [0.717, 1.165) is 0 Å². The number of halogens is 4. The Morgan fingerprint density at radius 2 is 2.04 bits per heavy atom. The van der Waals surface area contributed by atoms with E-state index in [1.54, 1.807) is 14.8 Å². The van der Waals surface area contributed by atoms with Crippen LogP contribution in [0.25, 0.3) is 0 Å². The molecule has 0 saturated heterocycles. The molecule has 0 saturated carbocycles. The molecule has 0 aliphatic rings. The van der Waals surface area contributed by atoms with Gasteiger partial charge in [-0.3, -0.25) is 15.0 Å². The van der Waals surface area contributed by atoms with Gasteiger partial charge in [-0.15, -0.1) is 11.8 Å². The van der Waals surface area contributed by atoms with Gasteiger partial charge in [-0.05, 0) is 24.6 Å². The van der Waals surface area contributed by atoms with Gasteiger partial charge in [0.15, 0.2) is 7.85 Å². The molecule has 0 aliphatic carbocycles. The molecular weight excluding hydrogens is 329 g/mol. The standard InChI is InChI=1S/C14H12BF4N3S/c1-8-4-9(16)10(5-12(8)23-7-14(17,18)19)22-13(15)11-6-20-2-3-21-11/h2-6H,7,15H2,1H3/b22-13-. The summed E-state index contributed by atoms with van der Waals surface area (Å²) in [4.78, 5) is 12.4. The van der Waals surface area contributed by atoms with E-state index in [9.17, 15) is 17.6 Å². The van der Waals surface area contributed by atoms with Crippen LogP contribution in [0, 0.1) is 12.7 Å². The molecule has 2 aromatic rings. The molecule has 0 spiro atoms. The Labute approximate surface area is 135 Å². The highest BCUT2D eigenvalue weighted by atomic mass is 32.2. The zero-order chi connectivity index (χ0) is 17.0. The van der Waals surface area contributed by atoms with Gasteiger partial charge >= 0.3 is 6.18 Å². The summed E-state index contributed by atoms with van der Waals surface area (Å²) in [5, 5.41) is 0. The molecule has 0 N–H and O–H groups in total. The van der Waals surface area contributed by atoms with E-state index in [0.29, 0.717) is 33.5 Å². The van der Waals surface area contributed by atoms with Crippen LogP contribution >= 0.6 is 11.8 Å². The number of nitrogens with zero attached hydrogens (tertiary/aromatic N) is 3. The van der Waals surface area contributed by atoms with Crippen LogP contribution in [0.3, 0.4) is 0 Å². The second kappa shape index (κ2) is 7.12. The lowest BCUT2D eigenvalue weighted by molar-refractivity contribution is -0.105. The first-order valence-electron chi connectivity index (χ1n) is 6.57. The minimum absolute atomic E-state index is 0.0246. The highest BCUT2D eigenvalue weighted by Crippen LogP contribution is 2.33. The van der Waals surface area contributed by atoms with E-state index in [1.165, 1.54) is 30.7 Å². The first-order valence-corrected chi connectivity index (χ1v) is 7.56. The third-order valence-corrected chi connectivity index (χ3v) is 4.08. The van der Waals surface area contributed by atoms with Crippen LogP contribution in [-0.4, -0.2) is 35.4 Å². The molecule has 1 heterocycles. The SMILES string of the molecule is B/C(=N\c1cc(SCC(F)(F)F)c(C)cc1F)c1cnccn1. The Hall–Kier alpha value is -1.90. The Morgan fingerprint density at radius 1 is 1.30 bits per heavy atom. The van der Waals surface area contributed by atoms with E-state index in [1.807, 2.05) is 0 Å². The zero-order valence-corrected chi connectivity index (χ0v) is 13.2. The first-order chi connectivity index (χ1) is 10.8. The fourth-order valence-electron chi connectivity index (χ4n) is 1.77. The van der Waals surface area contributed by atoms with Crippen LogP contribution < -0.4 is 0 Å². The maximum Gasteiger partial charge on any atom is 0.398 e. The lowest BCUT2D eigenvalue weighted by Gasteiger charge is -2.10. The van der Waals surface area contributed by atoms with Gasteiger partial charge in [0.2, 0.25) is 0 Å². The van der Waals surface area contributed by atoms with Crippen LogP contribution in [0.15, 0.2) is 40.6 Å². The predicted octanol–water partition coefficient (Wildman–Crippen LogP) is 3.29. The number of benzene rings is 1. The number of hydrogen-bond acceptors (Lipinski definition) is 4. The molecule has 2 rings (SSSR count). The van der Waals surface area contributed by atoms with Crippen LogP contribution in [0.2, 0.25) is 0 Å². The van der Waals surface area contributed by atoms with Crippen molar-refractivity contribution >= 4 is 30.9 Å². The van der Waals surface area contributed by atoms with Crippen LogP contribution in [-0.2, 0) is 0 Å². The Bertz CT molecular complexity index is 720. The van der Waals surface area contributed by atoms with Gasteiger partial charge in [-0.1, -0.05) is 0 Å². The molecule has 0 aliphatic heterocycles. The Kier molecular flexibility index (Phi) is 5.40. The number of rotatable bonds is 4. The van der Waals surface area contributed by atoms with Gasteiger partial charge in [-0.25, -0.2) is 4.39 Å². The minimum atomic E-state index is -4.29. The normalized spacial score (nSPS) is 12.5. The van der Waals surface area contributed by atoms with Crippen molar-refractivity contribution in [3.8, 4) is 0 Å². The van der Waals surface area contributed by atoms with E-state index in [4.69, 9.17) is 0 Å². The fourth-order valence-corrected chi connectivity index (χ4v) is 2.57. The van der Waals surface area contributed by atoms with Gasteiger partial charge in [-0.2, -0.15) is 13.2 Å². The summed E-state index contributed by atoms with van der Waals surface area (Å²) >= 11 is 0.611. The molecular formula is C14H12BF4N3S. The number of aromatic nitrogens is 2. The van der Waals surface area contributed by atoms with Crippen molar-refractivity contribution in [3.05, 3.63) is 47.8 Å². The van der Waals surface area contributed by atoms with E-state index >= 15 is 0 Å². The van der Waals surface area contributed by atoms with Crippen molar-refractivity contribution in [2.45, 2.75) is 18.0 Å². The quantitative estimate of drug-likeness (QED) is 0.371. The number of aliphatic imine (C=N–C) groups is 1. The fraction of sp³-hybridized carbons (Fsp3) is 0.214. The van der Waals surface area contributed by atoms with Crippen molar-refractivity contribution < 1.29 is 17.6 Å². The first kappa shape index (κ1) is 17.5.